The first-order valence-electron chi connectivity index (χ1n) is 6.91. The molecule has 0 amide bonds. The van der Waals surface area contributed by atoms with E-state index in [-0.39, 0.29) is 5.83 Å². The number of nitrogens with one attached hydrogen (secondary N) is 1. The smallest absolute Gasteiger partial charge is 0.195 e. The fraction of sp³-hybridized carbons (Fsp3) is 0.467. The van der Waals surface area contributed by atoms with Crippen molar-refractivity contribution in [1.29, 1.82) is 0 Å². The molecule has 1 atom stereocenters. The van der Waals surface area contributed by atoms with E-state index in [9.17, 15) is 4.39 Å². The van der Waals surface area contributed by atoms with Crippen LogP contribution in [0.4, 0.5) is 4.39 Å². The Morgan fingerprint density at radius 3 is 2.71 bits per heavy atom. The normalized spacial score (nSPS) is 18.8. The topological polar surface area (TPSA) is 61.0 Å². The summed E-state index contributed by atoms with van der Waals surface area (Å²) in [5, 5.41) is 12.2. The lowest BCUT2D eigenvalue weighted by molar-refractivity contribution is 0.210. The molecule has 0 fully saturated rings. The summed E-state index contributed by atoms with van der Waals surface area (Å²) in [5.41, 5.74) is 7.10. The second-order valence-electron chi connectivity index (χ2n) is 4.81. The zero-order valence-electron chi connectivity index (χ0n) is 12.1. The molecule has 5 N–H and O–H groups in total. The number of nitrogens with two attached hydrogens (primary N) is 1. The lowest BCUT2D eigenvalue weighted by atomic mass is 10.0. The Kier molecular flexibility index (Phi) is 8.04. The van der Waals surface area contributed by atoms with Gasteiger partial charge in [-0.1, -0.05) is 41.8 Å². The van der Waals surface area contributed by atoms with E-state index in [1.165, 1.54) is 12.3 Å². The Morgan fingerprint density at radius 2 is 2.19 bits per heavy atom. The molecule has 0 saturated carbocycles. The first kappa shape index (κ1) is 18.2. The fourth-order valence-corrected chi connectivity index (χ4v) is 2.57. The van der Waals surface area contributed by atoms with E-state index < -0.39 is 6.10 Å². The first-order chi connectivity index (χ1) is 9.99. The number of allylic oxidation sites excluding steroid dienone is 4. The van der Waals surface area contributed by atoms with Crippen LogP contribution in [0.2, 0.25) is 0 Å². The van der Waals surface area contributed by atoms with Crippen LogP contribution in [-0.4, -0.2) is 24.3 Å². The van der Waals surface area contributed by atoms with E-state index in [1.807, 2.05) is 6.92 Å². The number of hydrogen-bond donors (Lipinski definition) is 2. The monoisotopic (exact) mass is 335 g/mol. The number of rotatable bonds is 7. The van der Waals surface area contributed by atoms with Crippen molar-refractivity contribution >= 4 is 23.2 Å². The average molecular weight is 336 g/mol. The second kappa shape index (κ2) is 9.26. The van der Waals surface area contributed by atoms with Crippen LogP contribution in [0.1, 0.15) is 26.2 Å². The van der Waals surface area contributed by atoms with Crippen LogP contribution in [-0.2, 0) is 0 Å². The van der Waals surface area contributed by atoms with Crippen molar-refractivity contribution in [3.63, 3.8) is 0 Å². The summed E-state index contributed by atoms with van der Waals surface area (Å²) in [6.07, 6.45) is 5.70. The van der Waals surface area contributed by atoms with Gasteiger partial charge in [0.05, 0.1) is 17.2 Å². The third-order valence-electron chi connectivity index (χ3n) is 3.24. The molecule has 0 saturated heterocycles. The molecule has 1 aliphatic rings. The quantitative estimate of drug-likeness (QED) is 0.554. The minimum atomic E-state index is -0.596. The molecule has 1 rings (SSSR count). The van der Waals surface area contributed by atoms with Gasteiger partial charge in [0.2, 0.25) is 0 Å². The van der Waals surface area contributed by atoms with Gasteiger partial charge in [-0.3, -0.25) is 0 Å². The molecule has 0 spiro atoms. The van der Waals surface area contributed by atoms with E-state index in [0.29, 0.717) is 48.0 Å². The predicted molar refractivity (Wildman–Crippen MR) is 88.1 cm³/mol. The van der Waals surface area contributed by atoms with Crippen LogP contribution in [0, 0.1) is 0 Å². The SMILES string of the molecule is CC/C(Cl)=C(\C(Cl)=C/N)C([OH2+])CNCC1=CC=C(F)CC1. The van der Waals surface area contributed by atoms with Gasteiger partial charge >= 0.3 is 0 Å². The van der Waals surface area contributed by atoms with Crippen LogP contribution >= 0.6 is 23.2 Å². The molecule has 21 heavy (non-hydrogen) atoms. The number of halogens is 3. The Morgan fingerprint density at radius 1 is 1.48 bits per heavy atom. The highest BCUT2D eigenvalue weighted by Crippen LogP contribution is 2.26. The third kappa shape index (κ3) is 5.83. The maximum absolute atomic E-state index is 12.9. The van der Waals surface area contributed by atoms with Crippen LogP contribution in [0.5, 0.6) is 0 Å². The highest BCUT2D eigenvalue weighted by molar-refractivity contribution is 6.35. The summed E-state index contributed by atoms with van der Waals surface area (Å²) >= 11 is 12.2. The van der Waals surface area contributed by atoms with Gasteiger partial charge in [0.1, 0.15) is 5.83 Å². The van der Waals surface area contributed by atoms with Crippen LogP contribution in [0.15, 0.2) is 45.4 Å². The van der Waals surface area contributed by atoms with Crippen molar-refractivity contribution < 1.29 is 9.50 Å². The van der Waals surface area contributed by atoms with E-state index in [2.05, 4.69) is 5.32 Å². The van der Waals surface area contributed by atoms with Gasteiger partial charge < -0.3 is 16.2 Å². The fourth-order valence-electron chi connectivity index (χ4n) is 2.05. The van der Waals surface area contributed by atoms with Crippen molar-refractivity contribution in [2.75, 3.05) is 13.1 Å². The molecule has 1 aliphatic carbocycles. The van der Waals surface area contributed by atoms with Gasteiger partial charge in [-0.25, -0.2) is 4.39 Å². The predicted octanol–water partition coefficient (Wildman–Crippen LogP) is 3.18. The Hall–Kier alpha value is -0.810. The molecule has 0 aromatic carbocycles. The molecule has 118 valence electrons. The molecule has 0 heterocycles. The molecule has 0 aliphatic heterocycles. The highest BCUT2D eigenvalue weighted by atomic mass is 35.5. The van der Waals surface area contributed by atoms with Crippen molar-refractivity contribution in [1.82, 2.24) is 5.32 Å². The minimum Gasteiger partial charge on any atom is -0.439 e. The van der Waals surface area contributed by atoms with Gasteiger partial charge in [-0.05, 0) is 18.9 Å². The van der Waals surface area contributed by atoms with Gasteiger partial charge in [0.15, 0.2) is 6.10 Å². The van der Waals surface area contributed by atoms with Crippen molar-refractivity contribution in [2.45, 2.75) is 32.3 Å². The first-order valence-corrected chi connectivity index (χ1v) is 7.67. The molecule has 0 aromatic rings. The summed E-state index contributed by atoms with van der Waals surface area (Å²) in [7, 11) is 0. The van der Waals surface area contributed by atoms with Crippen molar-refractivity contribution in [3.8, 4) is 0 Å². The lowest BCUT2D eigenvalue weighted by Crippen LogP contribution is -2.30. The molecule has 6 heteroatoms. The van der Waals surface area contributed by atoms with Crippen LogP contribution < -0.4 is 11.1 Å². The Balaban J connectivity index is 2.58. The molecule has 0 aromatic heterocycles. The largest absolute Gasteiger partial charge is 0.439 e. The lowest BCUT2D eigenvalue weighted by Gasteiger charge is -2.15. The van der Waals surface area contributed by atoms with E-state index in [4.69, 9.17) is 34.0 Å². The number of hydrogen-bond acceptors (Lipinski definition) is 2. The Bertz CT molecular complexity index is 484. The maximum atomic E-state index is 12.9. The van der Waals surface area contributed by atoms with E-state index in [1.54, 1.807) is 6.08 Å². The molecule has 0 bridgehead atoms. The highest BCUT2D eigenvalue weighted by Gasteiger charge is 2.21. The second-order valence-corrected chi connectivity index (χ2v) is 5.67. The standard InChI is InChI=1S/C15H21Cl2FN2O/c1-2-12(16)15(13(17)7-19)14(21)9-20-8-10-3-5-11(18)6-4-10/h3,5,7,14,20-21H,2,4,6,8-9,19H2,1H3/p+1/b13-7+,15-12-. The Labute approximate surface area is 135 Å². The van der Waals surface area contributed by atoms with Gasteiger partial charge in [0, 0.05) is 24.2 Å². The van der Waals surface area contributed by atoms with Crippen molar-refractivity contribution in [3.05, 3.63) is 45.4 Å². The molecular formula is C15H22Cl2FN2O+. The van der Waals surface area contributed by atoms with E-state index >= 15 is 0 Å². The van der Waals surface area contributed by atoms with E-state index in [0.717, 1.165) is 5.57 Å². The summed E-state index contributed by atoms with van der Waals surface area (Å²) in [6, 6.07) is 0. The summed E-state index contributed by atoms with van der Waals surface area (Å²) in [4.78, 5) is 0. The van der Waals surface area contributed by atoms with Crippen LogP contribution in [0.25, 0.3) is 0 Å². The average Bonchev–Trinajstić information content (AvgIpc) is 2.49. The molecule has 0 radical (unpaired) electrons. The van der Waals surface area contributed by atoms with Crippen LogP contribution in [0.3, 0.4) is 0 Å². The third-order valence-corrected chi connectivity index (χ3v) is 4.04. The zero-order valence-corrected chi connectivity index (χ0v) is 13.6. The van der Waals surface area contributed by atoms with Gasteiger partial charge in [-0.15, -0.1) is 0 Å². The molecule has 1 unspecified atom stereocenters. The van der Waals surface area contributed by atoms with Gasteiger partial charge in [-0.2, -0.15) is 0 Å². The summed E-state index contributed by atoms with van der Waals surface area (Å²) in [6.45, 7) is 2.93. The minimum absolute atomic E-state index is 0.0862. The molecular weight excluding hydrogens is 314 g/mol. The summed E-state index contributed by atoms with van der Waals surface area (Å²) in [5.74, 6) is -0.0862. The molecule has 3 nitrogen and oxygen atoms in total. The zero-order chi connectivity index (χ0) is 15.8. The van der Waals surface area contributed by atoms with Gasteiger partial charge in [0.25, 0.3) is 0 Å². The maximum Gasteiger partial charge on any atom is 0.195 e. The summed E-state index contributed by atoms with van der Waals surface area (Å²) < 4.78 is 12.9. The van der Waals surface area contributed by atoms with Crippen molar-refractivity contribution in [2.24, 2.45) is 5.73 Å².